The highest BCUT2D eigenvalue weighted by Crippen LogP contribution is 2.36. The van der Waals surface area contributed by atoms with Crippen LogP contribution in [0.25, 0.3) is 6.08 Å². The van der Waals surface area contributed by atoms with Crippen molar-refractivity contribution < 1.29 is 19.1 Å². The molecule has 0 radical (unpaired) electrons. The van der Waals surface area contributed by atoms with E-state index in [9.17, 15) is 9.59 Å². The maximum atomic E-state index is 13.1. The Morgan fingerprint density at radius 1 is 0.946 bits per heavy atom. The SMILES string of the molecule is Cc1ccccc1CN1C(=O)S/C(=C\c2ccc(Br)cc2OCCOc2ccc(C(C)(C)C)cc2)C1=O. The number of amides is 2. The largest absolute Gasteiger partial charge is 0.490 e. The molecule has 0 saturated carbocycles. The van der Waals surface area contributed by atoms with E-state index in [0.717, 1.165) is 38.7 Å². The monoisotopic (exact) mass is 579 g/mol. The van der Waals surface area contributed by atoms with Gasteiger partial charge in [0.05, 0.1) is 11.4 Å². The zero-order valence-electron chi connectivity index (χ0n) is 21.4. The number of nitrogens with zero attached hydrogens (tertiary/aromatic N) is 1. The molecule has 1 saturated heterocycles. The van der Waals surface area contributed by atoms with Gasteiger partial charge in [-0.1, -0.05) is 79.2 Å². The normalized spacial score (nSPS) is 14.9. The van der Waals surface area contributed by atoms with Crippen LogP contribution in [0.1, 0.15) is 43.0 Å². The van der Waals surface area contributed by atoms with Gasteiger partial charge in [0.2, 0.25) is 0 Å². The van der Waals surface area contributed by atoms with Crippen molar-refractivity contribution >= 4 is 44.9 Å². The van der Waals surface area contributed by atoms with Gasteiger partial charge in [0, 0.05) is 10.0 Å². The minimum Gasteiger partial charge on any atom is -0.490 e. The smallest absolute Gasteiger partial charge is 0.293 e. The number of imide groups is 1. The zero-order valence-corrected chi connectivity index (χ0v) is 23.8. The van der Waals surface area contributed by atoms with E-state index in [-0.39, 0.29) is 23.1 Å². The van der Waals surface area contributed by atoms with E-state index in [1.54, 1.807) is 6.08 Å². The van der Waals surface area contributed by atoms with Crippen LogP contribution in [-0.4, -0.2) is 29.3 Å². The fourth-order valence-electron chi connectivity index (χ4n) is 3.85. The first-order chi connectivity index (χ1) is 17.6. The first-order valence-electron chi connectivity index (χ1n) is 12.1. The van der Waals surface area contributed by atoms with Gasteiger partial charge in [0.15, 0.2) is 0 Å². The standard InChI is InChI=1S/C30H30BrNO4S/c1-20-7-5-6-8-22(20)19-32-28(33)27(37-29(32)34)17-21-9-12-24(31)18-26(21)36-16-15-35-25-13-10-23(11-14-25)30(2,3)4/h5-14,17-18H,15-16,19H2,1-4H3/b27-17-. The molecule has 1 aliphatic heterocycles. The van der Waals surface area contributed by atoms with Gasteiger partial charge in [0.25, 0.3) is 11.1 Å². The van der Waals surface area contributed by atoms with Crippen molar-refractivity contribution in [2.24, 2.45) is 0 Å². The number of hydrogen-bond acceptors (Lipinski definition) is 5. The lowest BCUT2D eigenvalue weighted by molar-refractivity contribution is -0.123. The summed E-state index contributed by atoms with van der Waals surface area (Å²) in [6.07, 6.45) is 1.72. The molecular weight excluding hydrogens is 550 g/mol. The minimum atomic E-state index is -0.297. The van der Waals surface area contributed by atoms with E-state index in [1.165, 1.54) is 10.5 Å². The number of carbonyl (C=O) groups excluding carboxylic acids is 2. The van der Waals surface area contributed by atoms with Crippen LogP contribution in [0.3, 0.4) is 0 Å². The molecule has 0 spiro atoms. The van der Waals surface area contributed by atoms with Gasteiger partial charge < -0.3 is 9.47 Å². The molecule has 192 valence electrons. The van der Waals surface area contributed by atoms with E-state index < -0.39 is 0 Å². The highest BCUT2D eigenvalue weighted by atomic mass is 79.9. The van der Waals surface area contributed by atoms with Gasteiger partial charge in [-0.25, -0.2) is 0 Å². The first-order valence-corrected chi connectivity index (χ1v) is 13.7. The average Bonchev–Trinajstić information content (AvgIpc) is 3.11. The molecule has 4 rings (SSSR count). The van der Waals surface area contributed by atoms with Crippen LogP contribution < -0.4 is 9.47 Å². The number of halogens is 1. The third kappa shape index (κ3) is 6.84. The number of rotatable bonds is 8. The molecule has 37 heavy (non-hydrogen) atoms. The van der Waals surface area contributed by atoms with Gasteiger partial charge in [-0.2, -0.15) is 0 Å². The highest BCUT2D eigenvalue weighted by molar-refractivity contribution is 9.10. The van der Waals surface area contributed by atoms with E-state index in [0.29, 0.717) is 23.9 Å². The summed E-state index contributed by atoms with van der Waals surface area (Å²) >= 11 is 4.44. The third-order valence-corrected chi connectivity index (χ3v) is 7.46. The molecule has 0 atom stereocenters. The predicted octanol–water partition coefficient (Wildman–Crippen LogP) is 7.75. The van der Waals surface area contributed by atoms with Crippen LogP contribution in [0.5, 0.6) is 11.5 Å². The number of aryl methyl sites for hydroxylation is 1. The highest BCUT2D eigenvalue weighted by Gasteiger charge is 2.35. The topological polar surface area (TPSA) is 55.8 Å². The second-order valence-corrected chi connectivity index (χ2v) is 11.8. The van der Waals surface area contributed by atoms with Gasteiger partial charge >= 0.3 is 0 Å². The molecule has 0 aromatic heterocycles. The summed E-state index contributed by atoms with van der Waals surface area (Å²) in [6, 6.07) is 21.4. The molecule has 0 unspecified atom stereocenters. The number of hydrogen-bond donors (Lipinski definition) is 0. The zero-order chi connectivity index (χ0) is 26.6. The Bertz CT molecular complexity index is 1330. The Labute approximate surface area is 231 Å². The predicted molar refractivity (Wildman–Crippen MR) is 153 cm³/mol. The van der Waals surface area contributed by atoms with Crippen LogP contribution >= 0.6 is 27.7 Å². The fourth-order valence-corrected chi connectivity index (χ4v) is 5.02. The Morgan fingerprint density at radius 2 is 1.65 bits per heavy atom. The Kier molecular flexibility index (Phi) is 8.45. The summed E-state index contributed by atoms with van der Waals surface area (Å²) in [5.74, 6) is 1.09. The molecule has 3 aromatic carbocycles. The van der Waals surface area contributed by atoms with Crippen molar-refractivity contribution in [1.29, 1.82) is 0 Å². The number of ether oxygens (including phenoxy) is 2. The lowest BCUT2D eigenvalue weighted by Gasteiger charge is -2.19. The maximum absolute atomic E-state index is 13.1. The lowest BCUT2D eigenvalue weighted by Crippen LogP contribution is -2.27. The molecule has 2 amide bonds. The van der Waals surface area contributed by atoms with Crippen molar-refractivity contribution in [1.82, 2.24) is 4.90 Å². The first kappa shape index (κ1) is 27.0. The van der Waals surface area contributed by atoms with Crippen molar-refractivity contribution in [3.05, 3.63) is 98.4 Å². The molecule has 1 aliphatic rings. The molecule has 0 bridgehead atoms. The van der Waals surface area contributed by atoms with Crippen molar-refractivity contribution in [3.63, 3.8) is 0 Å². The lowest BCUT2D eigenvalue weighted by atomic mass is 9.87. The van der Waals surface area contributed by atoms with Crippen LogP contribution in [0.15, 0.2) is 76.1 Å². The molecule has 0 N–H and O–H groups in total. The Hall–Kier alpha value is -3.03. The maximum Gasteiger partial charge on any atom is 0.293 e. The van der Waals surface area contributed by atoms with Gasteiger partial charge in [0.1, 0.15) is 24.7 Å². The van der Waals surface area contributed by atoms with Gasteiger partial charge in [-0.3, -0.25) is 14.5 Å². The summed E-state index contributed by atoms with van der Waals surface area (Å²) < 4.78 is 12.7. The van der Waals surface area contributed by atoms with E-state index in [4.69, 9.17) is 9.47 Å². The van der Waals surface area contributed by atoms with Crippen LogP contribution in [0.4, 0.5) is 4.79 Å². The molecular formula is C30H30BrNO4S. The summed E-state index contributed by atoms with van der Waals surface area (Å²) in [6.45, 7) is 9.46. The number of thioether (sulfide) groups is 1. The van der Waals surface area contributed by atoms with Gasteiger partial charge in [-0.05, 0) is 71.1 Å². The molecule has 0 aliphatic carbocycles. The third-order valence-electron chi connectivity index (χ3n) is 6.06. The second kappa shape index (κ2) is 11.6. The summed E-state index contributed by atoms with van der Waals surface area (Å²) in [5.41, 5.74) is 4.06. The van der Waals surface area contributed by atoms with Crippen LogP contribution in [0.2, 0.25) is 0 Å². The summed E-state index contributed by atoms with van der Waals surface area (Å²) in [5, 5.41) is -0.273. The van der Waals surface area contributed by atoms with E-state index in [1.807, 2.05) is 61.5 Å². The summed E-state index contributed by atoms with van der Waals surface area (Å²) in [4.78, 5) is 27.4. The molecule has 1 heterocycles. The van der Waals surface area contributed by atoms with Crippen molar-refractivity contribution in [2.45, 2.75) is 39.7 Å². The number of benzene rings is 3. The minimum absolute atomic E-state index is 0.0916. The molecule has 3 aromatic rings. The Balaban J connectivity index is 1.41. The fraction of sp³-hybridized carbons (Fsp3) is 0.267. The van der Waals surface area contributed by atoms with Gasteiger partial charge in [-0.15, -0.1) is 0 Å². The molecule has 1 fully saturated rings. The summed E-state index contributed by atoms with van der Waals surface area (Å²) in [7, 11) is 0. The average molecular weight is 581 g/mol. The van der Waals surface area contributed by atoms with Crippen LogP contribution in [-0.2, 0) is 16.8 Å². The van der Waals surface area contributed by atoms with Crippen molar-refractivity contribution in [3.8, 4) is 11.5 Å². The van der Waals surface area contributed by atoms with E-state index in [2.05, 4.69) is 48.8 Å². The molecule has 5 nitrogen and oxygen atoms in total. The molecule has 7 heteroatoms. The van der Waals surface area contributed by atoms with Crippen molar-refractivity contribution in [2.75, 3.05) is 13.2 Å². The second-order valence-electron chi connectivity index (χ2n) is 9.85. The quantitative estimate of drug-likeness (QED) is 0.202. The Morgan fingerprint density at radius 3 is 2.35 bits per heavy atom. The van der Waals surface area contributed by atoms with Crippen LogP contribution in [0, 0.1) is 6.92 Å². The van der Waals surface area contributed by atoms with E-state index >= 15 is 0 Å². The number of carbonyl (C=O) groups is 2.